The van der Waals surface area contributed by atoms with Gasteiger partial charge in [-0.05, 0) is 50.1 Å². The third-order valence-corrected chi connectivity index (χ3v) is 5.24. The number of anilines is 1. The van der Waals surface area contributed by atoms with Gasteiger partial charge in [0.2, 0.25) is 5.91 Å². The molecule has 0 unspecified atom stereocenters. The minimum atomic E-state index is -0.467. The second-order valence-corrected chi connectivity index (χ2v) is 7.84. The summed E-state index contributed by atoms with van der Waals surface area (Å²) in [5, 5.41) is 5.60. The van der Waals surface area contributed by atoms with Gasteiger partial charge in [-0.1, -0.05) is 15.9 Å². The molecule has 0 saturated carbocycles. The van der Waals surface area contributed by atoms with Crippen LogP contribution in [0.2, 0.25) is 0 Å². The Morgan fingerprint density at radius 2 is 2.00 bits per heavy atom. The van der Waals surface area contributed by atoms with E-state index in [0.717, 1.165) is 25.9 Å². The van der Waals surface area contributed by atoms with Crippen LogP contribution in [0.15, 0.2) is 39.2 Å². The Kier molecular flexibility index (Phi) is 6.85. The Labute approximate surface area is 171 Å². The highest BCUT2D eigenvalue weighted by molar-refractivity contribution is 9.10. The predicted octanol–water partition coefficient (Wildman–Crippen LogP) is 3.71. The third kappa shape index (κ3) is 5.65. The average molecular weight is 452 g/mol. The molecule has 2 N–H and O–H groups in total. The molecule has 1 aliphatic rings. The summed E-state index contributed by atoms with van der Waals surface area (Å²) in [6, 6.07) is 8.07. The number of furan rings is 1. The molecule has 2 heterocycles. The van der Waals surface area contributed by atoms with Crippen LogP contribution < -0.4 is 10.6 Å². The molecule has 3 rings (SSSR count). The van der Waals surface area contributed by atoms with Gasteiger partial charge in [0.05, 0.1) is 5.69 Å². The van der Waals surface area contributed by atoms with Crippen LogP contribution in [0.25, 0.3) is 0 Å². The van der Waals surface area contributed by atoms with Crippen LogP contribution in [-0.2, 0) is 4.79 Å². The third-order valence-electron chi connectivity index (χ3n) is 4.75. The van der Waals surface area contributed by atoms with E-state index in [1.807, 2.05) is 0 Å². The molecule has 150 valence electrons. The van der Waals surface area contributed by atoms with E-state index in [4.69, 9.17) is 4.42 Å². The van der Waals surface area contributed by atoms with Crippen molar-refractivity contribution in [2.24, 2.45) is 0 Å². The number of aryl methyl sites for hydroxylation is 1. The molecule has 0 spiro atoms. The van der Waals surface area contributed by atoms with Gasteiger partial charge in [0.1, 0.15) is 11.6 Å². The fourth-order valence-electron chi connectivity index (χ4n) is 3.18. The Bertz CT molecular complexity index is 847. The molecule has 0 atom stereocenters. The number of hydrogen-bond acceptors (Lipinski definition) is 4. The monoisotopic (exact) mass is 451 g/mol. The van der Waals surface area contributed by atoms with Crippen molar-refractivity contribution in [2.75, 3.05) is 25.0 Å². The minimum Gasteiger partial charge on any atom is -0.456 e. The lowest BCUT2D eigenvalue weighted by Crippen LogP contribution is -2.45. The number of carbonyl (C=O) groups excluding carboxylic acids is 2. The zero-order valence-corrected chi connectivity index (χ0v) is 17.2. The van der Waals surface area contributed by atoms with Crippen molar-refractivity contribution in [3.63, 3.8) is 0 Å². The van der Waals surface area contributed by atoms with Gasteiger partial charge in [0.15, 0.2) is 5.76 Å². The molecule has 28 heavy (non-hydrogen) atoms. The van der Waals surface area contributed by atoms with E-state index in [2.05, 4.69) is 31.5 Å². The van der Waals surface area contributed by atoms with Crippen molar-refractivity contribution in [3.05, 3.63) is 52.1 Å². The first kappa shape index (κ1) is 20.5. The molecule has 1 aromatic heterocycles. The van der Waals surface area contributed by atoms with Crippen LogP contribution in [-0.4, -0.2) is 42.4 Å². The smallest absolute Gasteiger partial charge is 0.287 e. The molecule has 2 amide bonds. The quantitative estimate of drug-likeness (QED) is 0.701. The molecule has 8 heteroatoms. The van der Waals surface area contributed by atoms with Gasteiger partial charge in [-0.15, -0.1) is 0 Å². The molecule has 1 aliphatic heterocycles. The first-order valence-electron chi connectivity index (χ1n) is 9.25. The van der Waals surface area contributed by atoms with E-state index < -0.39 is 5.82 Å². The number of benzene rings is 1. The van der Waals surface area contributed by atoms with Gasteiger partial charge in [-0.3, -0.25) is 9.59 Å². The fourth-order valence-corrected chi connectivity index (χ4v) is 3.51. The van der Waals surface area contributed by atoms with Gasteiger partial charge in [0, 0.05) is 36.6 Å². The molecule has 1 fully saturated rings. The number of piperidine rings is 1. The zero-order valence-electron chi connectivity index (χ0n) is 15.6. The van der Waals surface area contributed by atoms with Crippen LogP contribution in [0, 0.1) is 12.7 Å². The number of carbonyl (C=O) groups is 2. The molecule has 2 aromatic rings. The summed E-state index contributed by atoms with van der Waals surface area (Å²) in [5.74, 6) is 0.163. The molecule has 0 bridgehead atoms. The SMILES string of the molecule is Cc1ccc(C(=O)NC2CCN(CCC(=O)Nc3ccc(Br)cc3F)CC2)o1. The minimum absolute atomic E-state index is 0.0971. The van der Waals surface area contributed by atoms with Crippen LogP contribution in [0.5, 0.6) is 0 Å². The lowest BCUT2D eigenvalue weighted by molar-refractivity contribution is -0.116. The summed E-state index contributed by atoms with van der Waals surface area (Å²) in [6.07, 6.45) is 1.92. The highest BCUT2D eigenvalue weighted by atomic mass is 79.9. The lowest BCUT2D eigenvalue weighted by atomic mass is 10.0. The number of likely N-dealkylation sites (tertiary alicyclic amines) is 1. The summed E-state index contributed by atoms with van der Waals surface area (Å²) < 4.78 is 19.7. The van der Waals surface area contributed by atoms with Crippen molar-refractivity contribution >= 4 is 33.4 Å². The first-order valence-corrected chi connectivity index (χ1v) is 10.0. The van der Waals surface area contributed by atoms with Crippen LogP contribution in [0.3, 0.4) is 0 Å². The maximum absolute atomic E-state index is 13.8. The summed E-state index contributed by atoms with van der Waals surface area (Å²) in [7, 11) is 0. The van der Waals surface area contributed by atoms with Crippen molar-refractivity contribution in [3.8, 4) is 0 Å². The zero-order chi connectivity index (χ0) is 20.1. The predicted molar refractivity (Wildman–Crippen MR) is 108 cm³/mol. The van der Waals surface area contributed by atoms with Gasteiger partial charge < -0.3 is 20.0 Å². The number of rotatable bonds is 6. The second kappa shape index (κ2) is 9.34. The van der Waals surface area contributed by atoms with E-state index in [9.17, 15) is 14.0 Å². The van der Waals surface area contributed by atoms with E-state index in [1.165, 1.54) is 12.1 Å². The van der Waals surface area contributed by atoms with Crippen molar-refractivity contribution < 1.29 is 18.4 Å². The number of nitrogens with zero attached hydrogens (tertiary/aromatic N) is 1. The van der Waals surface area contributed by atoms with Gasteiger partial charge >= 0.3 is 0 Å². The maximum atomic E-state index is 13.8. The summed E-state index contributed by atoms with van der Waals surface area (Å²) in [5.41, 5.74) is 0.183. The Hall–Kier alpha value is -2.19. The molecule has 1 saturated heterocycles. The van der Waals surface area contributed by atoms with Crippen molar-refractivity contribution in [2.45, 2.75) is 32.2 Å². The lowest BCUT2D eigenvalue weighted by Gasteiger charge is -2.32. The second-order valence-electron chi connectivity index (χ2n) is 6.92. The largest absolute Gasteiger partial charge is 0.456 e. The van der Waals surface area contributed by atoms with Crippen molar-refractivity contribution in [1.29, 1.82) is 0 Å². The summed E-state index contributed by atoms with van der Waals surface area (Å²) in [6.45, 7) is 3.99. The highest BCUT2D eigenvalue weighted by Crippen LogP contribution is 2.19. The molecule has 6 nitrogen and oxygen atoms in total. The first-order chi connectivity index (χ1) is 13.4. The number of amides is 2. The summed E-state index contributed by atoms with van der Waals surface area (Å²) in [4.78, 5) is 26.4. The molecular formula is C20H23BrFN3O3. The van der Waals surface area contributed by atoms with E-state index >= 15 is 0 Å². The normalized spacial score (nSPS) is 15.4. The van der Waals surface area contributed by atoms with E-state index in [1.54, 1.807) is 25.1 Å². The van der Waals surface area contributed by atoms with Crippen LogP contribution >= 0.6 is 15.9 Å². The van der Waals surface area contributed by atoms with Gasteiger partial charge in [-0.2, -0.15) is 0 Å². The average Bonchev–Trinajstić information content (AvgIpc) is 3.10. The Morgan fingerprint density at radius 1 is 1.25 bits per heavy atom. The summed E-state index contributed by atoms with van der Waals surface area (Å²) >= 11 is 3.19. The topological polar surface area (TPSA) is 74.6 Å². The Morgan fingerprint density at radius 3 is 2.64 bits per heavy atom. The number of nitrogens with one attached hydrogen (secondary N) is 2. The van der Waals surface area contributed by atoms with E-state index in [-0.39, 0.29) is 30.0 Å². The maximum Gasteiger partial charge on any atom is 0.287 e. The molecule has 1 aromatic carbocycles. The fraction of sp³-hybridized carbons (Fsp3) is 0.400. The van der Waals surface area contributed by atoms with Crippen molar-refractivity contribution in [1.82, 2.24) is 10.2 Å². The number of halogens is 2. The highest BCUT2D eigenvalue weighted by Gasteiger charge is 2.22. The van der Waals surface area contributed by atoms with Crippen LogP contribution in [0.4, 0.5) is 10.1 Å². The van der Waals surface area contributed by atoms with E-state index in [0.29, 0.717) is 22.5 Å². The molecule has 0 radical (unpaired) electrons. The van der Waals surface area contributed by atoms with Crippen LogP contribution in [0.1, 0.15) is 35.6 Å². The molecule has 0 aliphatic carbocycles. The van der Waals surface area contributed by atoms with Gasteiger partial charge in [-0.25, -0.2) is 4.39 Å². The Balaban J connectivity index is 1.38. The van der Waals surface area contributed by atoms with Gasteiger partial charge in [0.25, 0.3) is 5.91 Å². The molecular weight excluding hydrogens is 429 g/mol. The standard InChI is InChI=1S/C20H23BrFN3O3/c1-13-2-5-18(28-13)20(27)23-15-6-9-25(10-7-15)11-8-19(26)24-17-4-3-14(21)12-16(17)22/h2-5,12,15H,6-11H2,1H3,(H,23,27)(H,24,26). The number of hydrogen-bond donors (Lipinski definition) is 2.